The molecule has 3 aromatic carbocycles. The summed E-state index contributed by atoms with van der Waals surface area (Å²) in [5.41, 5.74) is 5.06. The van der Waals surface area contributed by atoms with Crippen molar-refractivity contribution in [3.05, 3.63) is 106 Å². The Morgan fingerprint density at radius 1 is 0.872 bits per heavy atom. The molecule has 0 fully saturated rings. The van der Waals surface area contributed by atoms with Crippen LogP contribution in [0.2, 0.25) is 0 Å². The minimum absolute atomic E-state index is 0.334. The van der Waals surface area contributed by atoms with Gasteiger partial charge in [0.1, 0.15) is 28.7 Å². The molecule has 39 heavy (non-hydrogen) atoms. The van der Waals surface area contributed by atoms with Crippen molar-refractivity contribution >= 4 is 34.3 Å². The van der Waals surface area contributed by atoms with E-state index < -0.39 is 5.97 Å². The highest BCUT2D eigenvalue weighted by Crippen LogP contribution is 2.40. The average molecular weight is 542 g/mol. The summed E-state index contributed by atoms with van der Waals surface area (Å²) in [7, 11) is 1.33. The number of amides is 1. The molecule has 1 aromatic heterocycles. The number of hydrogen-bond donors (Lipinski definition) is 1. The van der Waals surface area contributed by atoms with Gasteiger partial charge in [0.2, 0.25) is 5.91 Å². The molecule has 0 saturated carbocycles. The number of rotatable bonds is 10. The maximum Gasteiger partial charge on any atom is 0.341 e. The molecule has 0 spiro atoms. The van der Waals surface area contributed by atoms with Crippen LogP contribution in [0, 0.1) is 13.8 Å². The van der Waals surface area contributed by atoms with Gasteiger partial charge in [-0.05, 0) is 67.8 Å². The van der Waals surface area contributed by atoms with Crippen molar-refractivity contribution in [1.82, 2.24) is 0 Å². The highest BCUT2D eigenvalue weighted by Gasteiger charge is 2.24. The van der Waals surface area contributed by atoms with Gasteiger partial charge in [-0.3, -0.25) is 4.79 Å². The van der Waals surface area contributed by atoms with Gasteiger partial charge in [-0.25, -0.2) is 4.79 Å². The minimum Gasteiger partial charge on any atom is -0.494 e. The number of benzene rings is 3. The summed E-state index contributed by atoms with van der Waals surface area (Å²) in [5.74, 6) is 0.636. The average Bonchev–Trinajstić information content (AvgIpc) is 3.27. The summed E-state index contributed by atoms with van der Waals surface area (Å²) in [6, 6.07) is 23.2. The second kappa shape index (κ2) is 12.9. The van der Waals surface area contributed by atoms with Crippen LogP contribution in [0.1, 0.15) is 38.8 Å². The predicted octanol–water partition coefficient (Wildman–Crippen LogP) is 7.45. The van der Waals surface area contributed by atoms with Crippen LogP contribution >= 0.6 is 11.3 Å². The summed E-state index contributed by atoms with van der Waals surface area (Å²) in [6.07, 6.45) is 3.15. The lowest BCUT2D eigenvalue weighted by atomic mass is 10.0. The fourth-order valence-corrected chi connectivity index (χ4v) is 5.08. The van der Waals surface area contributed by atoms with Crippen LogP contribution in [0.15, 0.2) is 78.9 Å². The van der Waals surface area contributed by atoms with Gasteiger partial charge in [-0.15, -0.1) is 11.3 Å². The first-order valence-electron chi connectivity index (χ1n) is 12.6. The van der Waals surface area contributed by atoms with Crippen molar-refractivity contribution in [3.8, 4) is 22.6 Å². The standard InChI is InChI=1S/C32H31NO5S/c1-5-37-26-17-13-25(14-18-26)29-22(3)39-31(30(29)32(35)36-4)33-28(34)19-12-23-10-15-27(16-11-23)38-20-24-8-6-21(2)7-9-24/h6-19H,5,20H2,1-4H3,(H,33,34). The molecule has 0 aliphatic heterocycles. The van der Waals surface area contributed by atoms with Gasteiger partial charge in [0, 0.05) is 16.5 Å². The van der Waals surface area contributed by atoms with Gasteiger partial charge in [0.05, 0.1) is 13.7 Å². The van der Waals surface area contributed by atoms with Crippen LogP contribution in [0.25, 0.3) is 17.2 Å². The molecule has 1 N–H and O–H groups in total. The lowest BCUT2D eigenvalue weighted by Gasteiger charge is -2.09. The summed E-state index contributed by atoms with van der Waals surface area (Å²) >= 11 is 1.34. The molecular formula is C32H31NO5S. The molecule has 7 heteroatoms. The molecule has 0 radical (unpaired) electrons. The Morgan fingerprint density at radius 3 is 2.15 bits per heavy atom. The lowest BCUT2D eigenvalue weighted by molar-refractivity contribution is -0.111. The number of carbonyl (C=O) groups is 2. The zero-order valence-corrected chi connectivity index (χ0v) is 23.3. The van der Waals surface area contributed by atoms with Gasteiger partial charge in [0.15, 0.2) is 0 Å². The molecule has 0 aliphatic rings. The molecule has 1 amide bonds. The number of ether oxygens (including phenoxy) is 3. The fraction of sp³-hybridized carbons (Fsp3) is 0.188. The largest absolute Gasteiger partial charge is 0.494 e. The van der Waals surface area contributed by atoms with E-state index in [4.69, 9.17) is 14.2 Å². The van der Waals surface area contributed by atoms with Gasteiger partial charge >= 0.3 is 5.97 Å². The molecule has 4 aromatic rings. The zero-order chi connectivity index (χ0) is 27.8. The zero-order valence-electron chi connectivity index (χ0n) is 22.4. The quantitative estimate of drug-likeness (QED) is 0.167. The Balaban J connectivity index is 1.44. The Morgan fingerprint density at radius 2 is 1.51 bits per heavy atom. The summed E-state index contributed by atoms with van der Waals surface area (Å²) in [4.78, 5) is 26.4. The molecule has 200 valence electrons. The van der Waals surface area contributed by atoms with E-state index in [1.54, 1.807) is 6.08 Å². The topological polar surface area (TPSA) is 73.9 Å². The number of hydrogen-bond acceptors (Lipinski definition) is 6. The highest BCUT2D eigenvalue weighted by atomic mass is 32.1. The number of anilines is 1. The van der Waals surface area contributed by atoms with E-state index >= 15 is 0 Å². The number of methoxy groups -OCH3 is 1. The number of thiophene rings is 1. The van der Waals surface area contributed by atoms with Gasteiger partial charge in [-0.1, -0.05) is 54.1 Å². The lowest BCUT2D eigenvalue weighted by Crippen LogP contribution is -2.11. The minimum atomic E-state index is -0.510. The Bertz CT molecular complexity index is 1450. The van der Waals surface area contributed by atoms with E-state index in [2.05, 4.69) is 24.4 Å². The maximum absolute atomic E-state index is 12.8. The molecular weight excluding hydrogens is 510 g/mol. The van der Waals surface area contributed by atoms with Crippen molar-refractivity contribution in [2.24, 2.45) is 0 Å². The molecule has 0 aliphatic carbocycles. The van der Waals surface area contributed by atoms with Crippen LogP contribution in [0.4, 0.5) is 5.00 Å². The third-order valence-corrected chi connectivity index (χ3v) is 7.02. The normalized spacial score (nSPS) is 10.9. The molecule has 0 atom stereocenters. The third kappa shape index (κ3) is 7.15. The van der Waals surface area contributed by atoms with Gasteiger partial charge in [-0.2, -0.15) is 0 Å². The number of carbonyl (C=O) groups excluding carboxylic acids is 2. The molecule has 1 heterocycles. The van der Waals surface area contributed by atoms with Crippen LogP contribution in [0.3, 0.4) is 0 Å². The predicted molar refractivity (Wildman–Crippen MR) is 157 cm³/mol. The molecule has 4 rings (SSSR count). The maximum atomic E-state index is 12.8. The number of esters is 1. The van der Waals surface area contributed by atoms with Crippen LogP contribution in [-0.2, 0) is 16.1 Å². The first-order chi connectivity index (χ1) is 18.9. The van der Waals surface area contributed by atoms with Crippen LogP contribution < -0.4 is 14.8 Å². The first kappa shape index (κ1) is 27.7. The summed E-state index contributed by atoms with van der Waals surface area (Å²) < 4.78 is 16.4. The van der Waals surface area contributed by atoms with E-state index in [0.29, 0.717) is 23.8 Å². The summed E-state index contributed by atoms with van der Waals surface area (Å²) in [5, 5.41) is 3.30. The third-order valence-electron chi connectivity index (χ3n) is 6.00. The van der Waals surface area contributed by atoms with E-state index in [9.17, 15) is 9.59 Å². The molecule has 0 unspecified atom stereocenters. The van der Waals surface area contributed by atoms with Crippen LogP contribution in [0.5, 0.6) is 11.5 Å². The van der Waals surface area contributed by atoms with Crippen LogP contribution in [-0.4, -0.2) is 25.6 Å². The Labute approximate surface area is 232 Å². The fourth-order valence-electron chi connectivity index (χ4n) is 4.01. The number of nitrogens with one attached hydrogen (secondary N) is 1. The van der Waals surface area contributed by atoms with Crippen molar-refractivity contribution in [2.45, 2.75) is 27.4 Å². The van der Waals surface area contributed by atoms with Crippen molar-refractivity contribution < 1.29 is 23.8 Å². The van der Waals surface area contributed by atoms with Gasteiger partial charge in [0.25, 0.3) is 0 Å². The van der Waals surface area contributed by atoms with Gasteiger partial charge < -0.3 is 19.5 Å². The van der Waals surface area contributed by atoms with E-state index in [0.717, 1.165) is 38.6 Å². The van der Waals surface area contributed by atoms with Crippen molar-refractivity contribution in [3.63, 3.8) is 0 Å². The van der Waals surface area contributed by atoms with E-state index in [1.165, 1.54) is 30.1 Å². The van der Waals surface area contributed by atoms with Crippen molar-refractivity contribution in [1.29, 1.82) is 0 Å². The second-order valence-corrected chi connectivity index (χ2v) is 10.1. The van der Waals surface area contributed by atoms with Crippen molar-refractivity contribution in [2.75, 3.05) is 19.0 Å². The SMILES string of the molecule is CCOc1ccc(-c2c(C)sc(NC(=O)C=Cc3ccc(OCc4ccc(C)cc4)cc3)c2C(=O)OC)cc1. The Hall–Kier alpha value is -4.36. The highest BCUT2D eigenvalue weighted by molar-refractivity contribution is 7.17. The number of aryl methyl sites for hydroxylation is 2. The second-order valence-electron chi connectivity index (χ2n) is 8.85. The monoisotopic (exact) mass is 541 g/mol. The molecule has 0 saturated heterocycles. The first-order valence-corrected chi connectivity index (χ1v) is 13.4. The summed E-state index contributed by atoms with van der Waals surface area (Å²) in [6.45, 7) is 6.94. The smallest absolute Gasteiger partial charge is 0.341 e. The Kier molecular flexibility index (Phi) is 9.18. The van der Waals surface area contributed by atoms with E-state index in [1.807, 2.05) is 74.5 Å². The molecule has 6 nitrogen and oxygen atoms in total. The van der Waals surface area contributed by atoms with E-state index in [-0.39, 0.29) is 5.91 Å². The molecule has 0 bridgehead atoms.